The van der Waals surface area contributed by atoms with Gasteiger partial charge in [-0.1, -0.05) is 30.3 Å². The molecule has 1 N–H and O–H groups in total. The smallest absolute Gasteiger partial charge is 0.311 e. The molecule has 0 radical (unpaired) electrons. The number of carbonyl (C=O) groups is 2. The lowest BCUT2D eigenvalue weighted by Gasteiger charge is -2.38. The fourth-order valence-electron chi connectivity index (χ4n) is 4.46. The number of fused-ring (bicyclic) bond motifs is 1. The Morgan fingerprint density at radius 1 is 1.28 bits per heavy atom. The zero-order valence-corrected chi connectivity index (χ0v) is 14.6. The number of rotatable bonds is 3. The Morgan fingerprint density at radius 2 is 2.08 bits per heavy atom. The summed E-state index contributed by atoms with van der Waals surface area (Å²) in [6.45, 7) is 0.831. The maximum atomic E-state index is 12.7. The van der Waals surface area contributed by atoms with Crippen LogP contribution >= 0.6 is 11.3 Å². The summed E-state index contributed by atoms with van der Waals surface area (Å²) in [4.78, 5) is 31.0. The molecule has 25 heavy (non-hydrogen) atoms. The highest BCUT2D eigenvalue weighted by Crippen LogP contribution is 2.51. The molecule has 2 fully saturated rings. The van der Waals surface area contributed by atoms with E-state index < -0.39 is 11.4 Å². The van der Waals surface area contributed by atoms with Crippen LogP contribution in [-0.4, -0.2) is 40.0 Å². The van der Waals surface area contributed by atoms with E-state index >= 15 is 0 Å². The van der Waals surface area contributed by atoms with E-state index in [0.29, 0.717) is 30.3 Å². The van der Waals surface area contributed by atoms with Gasteiger partial charge in [0.25, 0.3) is 5.91 Å². The Balaban J connectivity index is 1.58. The molecule has 5 nitrogen and oxygen atoms in total. The van der Waals surface area contributed by atoms with Crippen LogP contribution in [0.1, 0.15) is 40.4 Å². The number of likely N-dealkylation sites (tertiary alicyclic amines) is 1. The van der Waals surface area contributed by atoms with E-state index in [1.54, 1.807) is 16.6 Å². The van der Waals surface area contributed by atoms with Crippen molar-refractivity contribution in [1.29, 1.82) is 0 Å². The standard InChI is InChI=1S/C19H20N2O3S/c22-17(16-9-20-12-25-16)21-10-15-8-14(13-4-2-1-3-5-13)6-7-19(15,11-21)18(23)24/h1-5,9,12,14-15H,6-8,10-11H2,(H,23,24)/t14-,15-,19-/m0/s1. The summed E-state index contributed by atoms with van der Waals surface area (Å²) in [6, 6.07) is 10.3. The first kappa shape index (κ1) is 16.3. The van der Waals surface area contributed by atoms with Crippen molar-refractivity contribution in [3.8, 4) is 0 Å². The van der Waals surface area contributed by atoms with Gasteiger partial charge >= 0.3 is 5.97 Å². The Hall–Kier alpha value is -2.21. The highest BCUT2D eigenvalue weighted by molar-refractivity contribution is 7.11. The highest BCUT2D eigenvalue weighted by Gasteiger charge is 2.56. The van der Waals surface area contributed by atoms with Gasteiger partial charge in [-0.2, -0.15) is 0 Å². The molecule has 0 bridgehead atoms. The predicted octanol–water partition coefficient (Wildman–Crippen LogP) is 3.25. The van der Waals surface area contributed by atoms with Crippen molar-refractivity contribution < 1.29 is 14.7 Å². The fraction of sp³-hybridized carbons (Fsp3) is 0.421. The molecular formula is C19H20N2O3S. The van der Waals surface area contributed by atoms with Crippen LogP contribution in [0, 0.1) is 11.3 Å². The van der Waals surface area contributed by atoms with Crippen molar-refractivity contribution in [2.75, 3.05) is 13.1 Å². The third-order valence-electron chi connectivity index (χ3n) is 5.83. The lowest BCUT2D eigenvalue weighted by atomic mass is 9.64. The Morgan fingerprint density at radius 3 is 2.76 bits per heavy atom. The first-order valence-corrected chi connectivity index (χ1v) is 9.44. The number of nitrogens with zero attached hydrogens (tertiary/aromatic N) is 2. The first-order valence-electron chi connectivity index (χ1n) is 8.56. The second-order valence-electron chi connectivity index (χ2n) is 7.09. The van der Waals surface area contributed by atoms with Crippen LogP contribution in [0.3, 0.4) is 0 Å². The summed E-state index contributed by atoms with van der Waals surface area (Å²) in [5.41, 5.74) is 2.11. The SMILES string of the molecule is O=C(c1cncs1)N1C[C@@H]2C[C@@H](c3ccccc3)CC[C@]2(C(=O)O)C1. The second-order valence-corrected chi connectivity index (χ2v) is 7.98. The molecule has 1 aromatic carbocycles. The monoisotopic (exact) mass is 356 g/mol. The third-order valence-corrected chi connectivity index (χ3v) is 6.59. The molecule has 1 amide bonds. The molecule has 1 saturated carbocycles. The van der Waals surface area contributed by atoms with Gasteiger partial charge in [-0.3, -0.25) is 14.6 Å². The zero-order chi connectivity index (χ0) is 17.4. The molecule has 4 rings (SSSR count). The first-order chi connectivity index (χ1) is 12.1. The van der Waals surface area contributed by atoms with Crippen molar-refractivity contribution in [3.63, 3.8) is 0 Å². The molecule has 6 heteroatoms. The molecule has 0 spiro atoms. The highest BCUT2D eigenvalue weighted by atomic mass is 32.1. The van der Waals surface area contributed by atoms with Crippen LogP contribution in [0.2, 0.25) is 0 Å². The average molecular weight is 356 g/mol. The van der Waals surface area contributed by atoms with Crippen molar-refractivity contribution in [2.45, 2.75) is 25.2 Å². The zero-order valence-electron chi connectivity index (χ0n) is 13.8. The van der Waals surface area contributed by atoms with Gasteiger partial charge in [0.2, 0.25) is 0 Å². The largest absolute Gasteiger partial charge is 0.481 e. The minimum absolute atomic E-state index is 0.000766. The van der Waals surface area contributed by atoms with Crippen molar-refractivity contribution >= 4 is 23.2 Å². The number of aromatic nitrogens is 1. The molecule has 3 atom stereocenters. The number of carbonyl (C=O) groups excluding carboxylic acids is 1. The van der Waals surface area contributed by atoms with Gasteiger partial charge in [0, 0.05) is 13.1 Å². The number of hydrogen-bond donors (Lipinski definition) is 1. The van der Waals surface area contributed by atoms with Crippen LogP contribution in [0.25, 0.3) is 0 Å². The molecule has 2 aliphatic rings. The summed E-state index contributed by atoms with van der Waals surface area (Å²) in [5.74, 6) is -0.477. The van der Waals surface area contributed by atoms with Gasteiger partial charge in [0.1, 0.15) is 4.88 Å². The van der Waals surface area contributed by atoms with Crippen LogP contribution < -0.4 is 0 Å². The fourth-order valence-corrected chi connectivity index (χ4v) is 5.05. The number of benzene rings is 1. The molecular weight excluding hydrogens is 336 g/mol. The van der Waals surface area contributed by atoms with E-state index in [0.717, 1.165) is 12.8 Å². The van der Waals surface area contributed by atoms with Crippen LogP contribution in [-0.2, 0) is 4.79 Å². The second kappa shape index (κ2) is 6.26. The maximum Gasteiger partial charge on any atom is 0.311 e. The van der Waals surface area contributed by atoms with Gasteiger partial charge < -0.3 is 10.0 Å². The number of amides is 1. The van der Waals surface area contributed by atoms with Gasteiger partial charge in [0.05, 0.1) is 17.1 Å². The van der Waals surface area contributed by atoms with Crippen molar-refractivity contribution in [1.82, 2.24) is 9.88 Å². The summed E-state index contributed by atoms with van der Waals surface area (Å²) in [5, 5.41) is 9.94. The quantitative estimate of drug-likeness (QED) is 0.916. The predicted molar refractivity (Wildman–Crippen MR) is 94.6 cm³/mol. The molecule has 1 aliphatic carbocycles. The number of carboxylic acid groups (broad SMARTS) is 1. The molecule has 2 aromatic rings. The molecule has 2 heterocycles. The van der Waals surface area contributed by atoms with E-state index in [-0.39, 0.29) is 11.8 Å². The molecule has 0 unspecified atom stereocenters. The molecule has 1 saturated heterocycles. The summed E-state index contributed by atoms with van der Waals surface area (Å²) in [7, 11) is 0. The summed E-state index contributed by atoms with van der Waals surface area (Å²) < 4.78 is 0. The Labute approximate surface area is 150 Å². The summed E-state index contributed by atoms with van der Waals surface area (Å²) in [6.07, 6.45) is 3.87. The van der Waals surface area contributed by atoms with E-state index in [1.165, 1.54) is 16.9 Å². The molecule has 1 aliphatic heterocycles. The van der Waals surface area contributed by atoms with Crippen LogP contribution in [0.5, 0.6) is 0 Å². The number of aliphatic carboxylic acids is 1. The number of thiazole rings is 1. The topological polar surface area (TPSA) is 70.5 Å². The van der Waals surface area contributed by atoms with Crippen LogP contribution in [0.15, 0.2) is 42.0 Å². The van der Waals surface area contributed by atoms with Crippen molar-refractivity contribution in [3.05, 3.63) is 52.5 Å². The number of hydrogen-bond acceptors (Lipinski definition) is 4. The molecule has 1 aromatic heterocycles. The Bertz CT molecular complexity index is 777. The lowest BCUT2D eigenvalue weighted by molar-refractivity contribution is -0.152. The minimum atomic E-state index is -0.800. The Kier molecular flexibility index (Phi) is 4.07. The van der Waals surface area contributed by atoms with Crippen molar-refractivity contribution in [2.24, 2.45) is 11.3 Å². The van der Waals surface area contributed by atoms with E-state index in [2.05, 4.69) is 17.1 Å². The third kappa shape index (κ3) is 2.74. The van der Waals surface area contributed by atoms with E-state index in [1.807, 2.05) is 18.2 Å². The normalized spacial score (nSPS) is 28.6. The van der Waals surface area contributed by atoms with Gasteiger partial charge in [0.15, 0.2) is 0 Å². The van der Waals surface area contributed by atoms with Gasteiger partial charge in [-0.15, -0.1) is 11.3 Å². The number of carboxylic acids is 1. The maximum absolute atomic E-state index is 12.7. The van der Waals surface area contributed by atoms with Gasteiger partial charge in [-0.25, -0.2) is 0 Å². The van der Waals surface area contributed by atoms with E-state index in [9.17, 15) is 14.7 Å². The van der Waals surface area contributed by atoms with E-state index in [4.69, 9.17) is 0 Å². The minimum Gasteiger partial charge on any atom is -0.481 e. The van der Waals surface area contributed by atoms with Crippen LogP contribution in [0.4, 0.5) is 0 Å². The lowest BCUT2D eigenvalue weighted by Crippen LogP contribution is -2.42. The average Bonchev–Trinajstić information content (AvgIpc) is 3.29. The molecule has 130 valence electrons. The van der Waals surface area contributed by atoms with Gasteiger partial charge in [-0.05, 0) is 36.7 Å². The summed E-state index contributed by atoms with van der Waals surface area (Å²) >= 11 is 1.31.